The molecule has 2 atom stereocenters. The van der Waals surface area contributed by atoms with E-state index in [9.17, 15) is 0 Å². The number of hydrogen-bond acceptors (Lipinski definition) is 1. The van der Waals surface area contributed by atoms with Crippen molar-refractivity contribution in [3.8, 4) is 0 Å². The van der Waals surface area contributed by atoms with Gasteiger partial charge in [-0.2, -0.15) is 0 Å². The second-order valence-electron chi connectivity index (χ2n) is 4.73. The molecule has 2 unspecified atom stereocenters. The first kappa shape index (κ1) is 12.4. The molecule has 0 aromatic heterocycles. The van der Waals surface area contributed by atoms with E-state index in [4.69, 9.17) is 17.3 Å². The van der Waals surface area contributed by atoms with Crippen molar-refractivity contribution in [2.24, 2.45) is 11.7 Å². The van der Waals surface area contributed by atoms with E-state index in [2.05, 4.69) is 28.1 Å². The molecule has 3 heteroatoms. The zero-order chi connectivity index (χ0) is 11.5. The highest BCUT2D eigenvalue weighted by atomic mass is 79.9. The van der Waals surface area contributed by atoms with Crippen LogP contribution in [0.4, 0.5) is 0 Å². The van der Waals surface area contributed by atoms with Crippen molar-refractivity contribution in [3.63, 3.8) is 0 Å². The van der Waals surface area contributed by atoms with Crippen molar-refractivity contribution < 1.29 is 0 Å². The molecule has 1 nitrogen and oxygen atoms in total. The Hall–Kier alpha value is -0.0500. The molecule has 1 aromatic rings. The predicted molar refractivity (Wildman–Crippen MR) is 72.8 cm³/mol. The molecule has 16 heavy (non-hydrogen) atoms. The van der Waals surface area contributed by atoms with E-state index in [-0.39, 0.29) is 0 Å². The van der Waals surface area contributed by atoms with Gasteiger partial charge in [-0.1, -0.05) is 46.4 Å². The highest BCUT2D eigenvalue weighted by molar-refractivity contribution is 9.10. The van der Waals surface area contributed by atoms with Crippen LogP contribution in [0.2, 0.25) is 5.02 Å². The van der Waals surface area contributed by atoms with E-state index >= 15 is 0 Å². The van der Waals surface area contributed by atoms with Gasteiger partial charge in [-0.25, -0.2) is 0 Å². The van der Waals surface area contributed by atoms with Crippen molar-refractivity contribution in [3.05, 3.63) is 33.3 Å². The summed E-state index contributed by atoms with van der Waals surface area (Å²) in [5.74, 6) is 0.711. The van der Waals surface area contributed by atoms with Gasteiger partial charge in [0.15, 0.2) is 0 Å². The van der Waals surface area contributed by atoms with Crippen LogP contribution in [0.3, 0.4) is 0 Å². The molecule has 2 rings (SSSR count). The van der Waals surface area contributed by atoms with Crippen LogP contribution >= 0.6 is 27.5 Å². The van der Waals surface area contributed by atoms with Gasteiger partial charge in [0, 0.05) is 15.5 Å². The minimum atomic E-state index is 0.396. The lowest BCUT2D eigenvalue weighted by Gasteiger charge is -2.26. The molecule has 1 aliphatic carbocycles. The van der Waals surface area contributed by atoms with Crippen molar-refractivity contribution in [1.29, 1.82) is 0 Å². The molecule has 88 valence electrons. The Kier molecular flexibility index (Phi) is 4.28. The molecule has 1 aliphatic rings. The first-order valence-corrected chi connectivity index (χ1v) is 7.02. The molecule has 0 amide bonds. The molecular weight excluding hydrogens is 286 g/mol. The van der Waals surface area contributed by atoms with Crippen LogP contribution in [0.15, 0.2) is 22.7 Å². The summed E-state index contributed by atoms with van der Waals surface area (Å²) in [7, 11) is 0. The van der Waals surface area contributed by atoms with Crippen molar-refractivity contribution in [2.75, 3.05) is 0 Å². The third-order valence-electron chi connectivity index (χ3n) is 3.35. The van der Waals surface area contributed by atoms with Gasteiger partial charge in [-0.15, -0.1) is 0 Å². The van der Waals surface area contributed by atoms with Crippen LogP contribution < -0.4 is 5.73 Å². The van der Waals surface area contributed by atoms with E-state index < -0.39 is 0 Å². The fraction of sp³-hybridized carbons (Fsp3) is 0.538. The summed E-state index contributed by atoms with van der Waals surface area (Å²) in [6.45, 7) is 0. The SMILES string of the molecule is NC1CCCC(Cc2ccc(Br)cc2Cl)C1. The highest BCUT2D eigenvalue weighted by Crippen LogP contribution is 2.30. The van der Waals surface area contributed by atoms with Crippen LogP contribution in [0.1, 0.15) is 31.2 Å². The molecule has 0 spiro atoms. The van der Waals surface area contributed by atoms with Crippen LogP contribution in [0, 0.1) is 5.92 Å². The number of hydrogen-bond donors (Lipinski definition) is 1. The Morgan fingerprint density at radius 2 is 2.19 bits per heavy atom. The monoisotopic (exact) mass is 301 g/mol. The summed E-state index contributed by atoms with van der Waals surface area (Å²) >= 11 is 9.65. The number of halogens is 2. The topological polar surface area (TPSA) is 26.0 Å². The Labute approximate surface area is 110 Å². The molecule has 1 fully saturated rings. The maximum Gasteiger partial charge on any atom is 0.0449 e. The second kappa shape index (κ2) is 5.52. The molecule has 0 saturated heterocycles. The quantitative estimate of drug-likeness (QED) is 0.872. The molecule has 0 bridgehead atoms. The van der Waals surface area contributed by atoms with Gasteiger partial charge in [0.25, 0.3) is 0 Å². The lowest BCUT2D eigenvalue weighted by atomic mass is 9.82. The zero-order valence-electron chi connectivity index (χ0n) is 9.26. The maximum atomic E-state index is 6.22. The van der Waals surface area contributed by atoms with Gasteiger partial charge < -0.3 is 5.73 Å². The van der Waals surface area contributed by atoms with Gasteiger partial charge in [-0.3, -0.25) is 0 Å². The fourth-order valence-electron chi connectivity index (χ4n) is 2.52. The third-order valence-corrected chi connectivity index (χ3v) is 4.19. The van der Waals surface area contributed by atoms with Crippen molar-refractivity contribution in [2.45, 2.75) is 38.1 Å². The highest BCUT2D eigenvalue weighted by Gasteiger charge is 2.20. The van der Waals surface area contributed by atoms with Crippen LogP contribution in [-0.4, -0.2) is 6.04 Å². The van der Waals surface area contributed by atoms with Crippen LogP contribution in [0.25, 0.3) is 0 Å². The largest absolute Gasteiger partial charge is 0.328 e. The summed E-state index contributed by atoms with van der Waals surface area (Å²) in [5, 5.41) is 0.869. The smallest absolute Gasteiger partial charge is 0.0449 e. The van der Waals surface area contributed by atoms with Gasteiger partial charge in [0.1, 0.15) is 0 Å². The lowest BCUT2D eigenvalue weighted by molar-refractivity contribution is 0.321. The third kappa shape index (κ3) is 3.22. The normalized spacial score (nSPS) is 25.7. The lowest BCUT2D eigenvalue weighted by Crippen LogP contribution is -2.28. The average molecular weight is 303 g/mol. The van der Waals surface area contributed by atoms with E-state index in [0.717, 1.165) is 22.3 Å². The predicted octanol–water partition coefficient (Wildman–Crippen LogP) is 4.16. The second-order valence-corrected chi connectivity index (χ2v) is 6.06. The molecule has 1 aromatic carbocycles. The first-order chi connectivity index (χ1) is 7.65. The molecule has 2 N–H and O–H groups in total. The number of rotatable bonds is 2. The van der Waals surface area contributed by atoms with Crippen LogP contribution in [0.5, 0.6) is 0 Å². The minimum absolute atomic E-state index is 0.396. The van der Waals surface area contributed by atoms with E-state index in [0.29, 0.717) is 12.0 Å². The molecule has 0 radical (unpaired) electrons. The van der Waals surface area contributed by atoms with Crippen LogP contribution in [-0.2, 0) is 6.42 Å². The summed E-state index contributed by atoms with van der Waals surface area (Å²) in [4.78, 5) is 0. The van der Waals surface area contributed by atoms with E-state index in [1.165, 1.54) is 24.8 Å². The Balaban J connectivity index is 2.02. The zero-order valence-corrected chi connectivity index (χ0v) is 11.6. The van der Waals surface area contributed by atoms with E-state index in [1.54, 1.807) is 0 Å². The summed E-state index contributed by atoms with van der Waals surface area (Å²) in [5.41, 5.74) is 7.25. The molecule has 0 aliphatic heterocycles. The standard InChI is InChI=1S/C13H17BrClN/c14-11-5-4-10(13(15)8-11)6-9-2-1-3-12(16)7-9/h4-5,8-9,12H,1-3,6-7,16H2. The fourth-order valence-corrected chi connectivity index (χ4v) is 3.27. The summed E-state index contributed by atoms with van der Waals surface area (Å²) in [6, 6.07) is 6.55. The number of nitrogens with two attached hydrogens (primary N) is 1. The molecule has 1 saturated carbocycles. The first-order valence-electron chi connectivity index (χ1n) is 5.84. The van der Waals surface area contributed by atoms with Gasteiger partial charge in [0.05, 0.1) is 0 Å². The maximum absolute atomic E-state index is 6.22. The van der Waals surface area contributed by atoms with Crippen molar-refractivity contribution >= 4 is 27.5 Å². The van der Waals surface area contributed by atoms with Crippen molar-refractivity contribution in [1.82, 2.24) is 0 Å². The summed E-state index contributed by atoms with van der Waals surface area (Å²) in [6.07, 6.45) is 5.96. The molecular formula is C13H17BrClN. The molecule has 0 heterocycles. The Morgan fingerprint density at radius 1 is 1.38 bits per heavy atom. The number of benzene rings is 1. The van der Waals surface area contributed by atoms with Gasteiger partial charge in [-0.05, 0) is 42.9 Å². The Bertz CT molecular complexity index is 367. The van der Waals surface area contributed by atoms with E-state index in [1.807, 2.05) is 6.07 Å². The van der Waals surface area contributed by atoms with Gasteiger partial charge >= 0.3 is 0 Å². The summed E-state index contributed by atoms with van der Waals surface area (Å²) < 4.78 is 1.04. The van der Waals surface area contributed by atoms with Gasteiger partial charge in [0.2, 0.25) is 0 Å². The Morgan fingerprint density at radius 3 is 2.88 bits per heavy atom. The average Bonchev–Trinajstić information content (AvgIpc) is 2.22. The minimum Gasteiger partial charge on any atom is -0.328 e.